The lowest BCUT2D eigenvalue weighted by molar-refractivity contribution is 0.795. The van der Waals surface area contributed by atoms with E-state index in [0.717, 1.165) is 12.1 Å². The lowest BCUT2D eigenvalue weighted by Gasteiger charge is -2.05. The third kappa shape index (κ3) is 4.02. The van der Waals surface area contributed by atoms with Crippen LogP contribution in [0, 0.1) is 3.57 Å². The average Bonchev–Trinajstić information content (AvgIpc) is 2.15. The van der Waals surface area contributed by atoms with Crippen LogP contribution in [0.1, 0.15) is 25.3 Å². The van der Waals surface area contributed by atoms with Crippen molar-refractivity contribution in [2.24, 2.45) is 5.84 Å². The van der Waals surface area contributed by atoms with Gasteiger partial charge in [0.05, 0.1) is 5.69 Å². The van der Waals surface area contributed by atoms with Crippen LogP contribution in [0.15, 0.2) is 18.2 Å². The van der Waals surface area contributed by atoms with Gasteiger partial charge in [0, 0.05) is 3.57 Å². The van der Waals surface area contributed by atoms with Crippen molar-refractivity contribution in [2.75, 3.05) is 5.43 Å². The van der Waals surface area contributed by atoms with Crippen LogP contribution < -0.4 is 11.3 Å². The standard InChI is InChI=1S/C10H15IN2.ClH/c1-2-3-4-8-5-6-10(13-12)9(11)7-8;/h5-7,13H,2-4,12H2,1H3;1H. The van der Waals surface area contributed by atoms with E-state index in [4.69, 9.17) is 5.84 Å². The Morgan fingerprint density at radius 1 is 1.43 bits per heavy atom. The highest BCUT2D eigenvalue weighted by molar-refractivity contribution is 14.1. The highest BCUT2D eigenvalue weighted by Crippen LogP contribution is 2.19. The molecule has 0 saturated heterocycles. The maximum atomic E-state index is 5.35. The SMILES string of the molecule is CCCCc1ccc(NN)c(I)c1.Cl. The Labute approximate surface area is 105 Å². The molecule has 0 heterocycles. The van der Waals surface area contributed by atoms with Crippen molar-refractivity contribution < 1.29 is 0 Å². The van der Waals surface area contributed by atoms with Crippen LogP contribution >= 0.6 is 35.0 Å². The number of nitrogens with two attached hydrogens (primary N) is 1. The molecule has 0 unspecified atom stereocenters. The van der Waals surface area contributed by atoms with Gasteiger partial charge in [0.25, 0.3) is 0 Å². The maximum absolute atomic E-state index is 5.35. The number of benzene rings is 1. The van der Waals surface area contributed by atoms with Crippen LogP contribution in [0.2, 0.25) is 0 Å². The molecule has 2 nitrogen and oxygen atoms in total. The Balaban J connectivity index is 0.00000169. The quantitative estimate of drug-likeness (QED) is 0.506. The van der Waals surface area contributed by atoms with Crippen molar-refractivity contribution in [3.8, 4) is 0 Å². The average molecular weight is 327 g/mol. The largest absolute Gasteiger partial charge is 0.323 e. The van der Waals surface area contributed by atoms with Gasteiger partial charge in [-0.1, -0.05) is 19.4 Å². The predicted octanol–water partition coefficient (Wildman–Crippen LogP) is 3.34. The third-order valence-corrected chi connectivity index (χ3v) is 2.90. The Kier molecular flexibility index (Phi) is 7.31. The number of hydrogen-bond donors (Lipinski definition) is 2. The molecule has 0 bridgehead atoms. The fourth-order valence-corrected chi connectivity index (χ4v) is 1.95. The number of unbranched alkanes of at least 4 members (excludes halogenated alkanes) is 1. The number of rotatable bonds is 4. The first-order valence-electron chi connectivity index (χ1n) is 4.53. The molecule has 4 heteroatoms. The number of nitrogen functional groups attached to an aromatic ring is 1. The van der Waals surface area contributed by atoms with Crippen LogP contribution in [0.5, 0.6) is 0 Å². The molecule has 1 rings (SSSR count). The van der Waals surface area contributed by atoms with E-state index in [1.165, 1.54) is 22.0 Å². The van der Waals surface area contributed by atoms with Gasteiger partial charge >= 0.3 is 0 Å². The summed E-state index contributed by atoms with van der Waals surface area (Å²) in [5, 5.41) is 0. The summed E-state index contributed by atoms with van der Waals surface area (Å²) in [5.41, 5.74) is 5.07. The second-order valence-corrected chi connectivity index (χ2v) is 4.22. The lowest BCUT2D eigenvalue weighted by atomic mass is 10.1. The molecule has 0 saturated carbocycles. The van der Waals surface area contributed by atoms with Crippen molar-refractivity contribution in [1.29, 1.82) is 0 Å². The second-order valence-electron chi connectivity index (χ2n) is 3.06. The van der Waals surface area contributed by atoms with Crippen molar-refractivity contribution in [2.45, 2.75) is 26.2 Å². The minimum Gasteiger partial charge on any atom is -0.323 e. The fourth-order valence-electron chi connectivity index (χ4n) is 1.21. The van der Waals surface area contributed by atoms with Gasteiger partial charge in [0.1, 0.15) is 0 Å². The van der Waals surface area contributed by atoms with Crippen molar-refractivity contribution >= 4 is 40.7 Å². The van der Waals surface area contributed by atoms with Crippen molar-refractivity contribution in [1.82, 2.24) is 0 Å². The summed E-state index contributed by atoms with van der Waals surface area (Å²) in [6.45, 7) is 2.21. The number of hydrazine groups is 1. The summed E-state index contributed by atoms with van der Waals surface area (Å²) in [6, 6.07) is 6.35. The van der Waals surface area contributed by atoms with Crippen LogP contribution in [0.4, 0.5) is 5.69 Å². The molecule has 0 amide bonds. The lowest BCUT2D eigenvalue weighted by Crippen LogP contribution is -2.08. The van der Waals surface area contributed by atoms with E-state index in [0.29, 0.717) is 0 Å². The molecular formula is C10H16ClIN2. The summed E-state index contributed by atoms with van der Waals surface area (Å²) in [4.78, 5) is 0. The third-order valence-electron chi connectivity index (χ3n) is 2.01. The summed E-state index contributed by atoms with van der Waals surface area (Å²) >= 11 is 2.30. The van der Waals surface area contributed by atoms with Gasteiger partial charge in [0.15, 0.2) is 0 Å². The first kappa shape index (κ1) is 14.0. The molecule has 0 radical (unpaired) electrons. The van der Waals surface area contributed by atoms with Gasteiger partial charge in [-0.05, 0) is 53.1 Å². The Hall–Kier alpha value is -0.0000000000000000555. The molecule has 1 aromatic carbocycles. The van der Waals surface area contributed by atoms with Gasteiger partial charge in [-0.15, -0.1) is 12.4 Å². The number of hydrogen-bond acceptors (Lipinski definition) is 2. The number of aryl methyl sites for hydroxylation is 1. The van der Waals surface area contributed by atoms with E-state index in [9.17, 15) is 0 Å². The van der Waals surface area contributed by atoms with Crippen LogP contribution in [0.3, 0.4) is 0 Å². The van der Waals surface area contributed by atoms with E-state index in [-0.39, 0.29) is 12.4 Å². The van der Waals surface area contributed by atoms with Crippen molar-refractivity contribution in [3.63, 3.8) is 0 Å². The molecule has 0 aliphatic heterocycles. The highest BCUT2D eigenvalue weighted by atomic mass is 127. The normalized spacial score (nSPS) is 9.36. The Morgan fingerprint density at radius 3 is 2.64 bits per heavy atom. The summed E-state index contributed by atoms with van der Waals surface area (Å²) in [5.74, 6) is 5.35. The smallest absolute Gasteiger partial charge is 0.0618 e. The Morgan fingerprint density at radius 2 is 2.14 bits per heavy atom. The van der Waals surface area contributed by atoms with E-state index in [2.05, 4.69) is 47.1 Å². The molecule has 14 heavy (non-hydrogen) atoms. The summed E-state index contributed by atoms with van der Waals surface area (Å²) in [7, 11) is 0. The molecule has 0 aromatic heterocycles. The topological polar surface area (TPSA) is 38.0 Å². The molecule has 0 spiro atoms. The van der Waals surface area contributed by atoms with Gasteiger partial charge in [-0.25, -0.2) is 0 Å². The molecule has 0 atom stereocenters. The molecule has 0 aliphatic carbocycles. The van der Waals surface area contributed by atoms with Gasteiger partial charge < -0.3 is 5.43 Å². The van der Waals surface area contributed by atoms with Crippen LogP contribution in [0.25, 0.3) is 0 Å². The molecule has 1 aromatic rings. The number of anilines is 1. The molecule has 0 fully saturated rings. The molecule has 3 N–H and O–H groups in total. The van der Waals surface area contributed by atoms with E-state index in [1.807, 2.05) is 6.07 Å². The Bertz CT molecular complexity index is 279. The van der Waals surface area contributed by atoms with Gasteiger partial charge in [-0.3, -0.25) is 5.84 Å². The predicted molar refractivity (Wildman–Crippen MR) is 72.8 cm³/mol. The van der Waals surface area contributed by atoms with E-state index in [1.54, 1.807) is 0 Å². The zero-order chi connectivity index (χ0) is 9.68. The first-order valence-corrected chi connectivity index (χ1v) is 5.61. The monoisotopic (exact) mass is 326 g/mol. The van der Waals surface area contributed by atoms with Crippen LogP contribution in [-0.2, 0) is 6.42 Å². The highest BCUT2D eigenvalue weighted by Gasteiger charge is 1.98. The number of halogens is 2. The van der Waals surface area contributed by atoms with Crippen molar-refractivity contribution in [3.05, 3.63) is 27.3 Å². The van der Waals surface area contributed by atoms with E-state index >= 15 is 0 Å². The summed E-state index contributed by atoms with van der Waals surface area (Å²) < 4.78 is 1.19. The number of nitrogens with one attached hydrogen (secondary N) is 1. The minimum atomic E-state index is 0. The fraction of sp³-hybridized carbons (Fsp3) is 0.400. The minimum absolute atomic E-state index is 0. The molecule has 80 valence electrons. The van der Waals surface area contributed by atoms with Crippen LogP contribution in [-0.4, -0.2) is 0 Å². The molecule has 0 aliphatic rings. The second kappa shape index (κ2) is 7.31. The maximum Gasteiger partial charge on any atom is 0.0618 e. The van der Waals surface area contributed by atoms with Gasteiger partial charge in [-0.2, -0.15) is 0 Å². The first-order chi connectivity index (χ1) is 6.27. The summed E-state index contributed by atoms with van der Waals surface area (Å²) in [6.07, 6.45) is 3.66. The van der Waals surface area contributed by atoms with E-state index < -0.39 is 0 Å². The zero-order valence-corrected chi connectivity index (χ0v) is 11.2. The zero-order valence-electron chi connectivity index (χ0n) is 8.22. The molecular weight excluding hydrogens is 310 g/mol. The van der Waals surface area contributed by atoms with Gasteiger partial charge in [0.2, 0.25) is 0 Å².